The maximum atomic E-state index is 13.6. The van der Waals surface area contributed by atoms with Gasteiger partial charge in [0.1, 0.15) is 5.82 Å². The Morgan fingerprint density at radius 2 is 1.63 bits per heavy atom. The molecule has 3 rings (SSSR count). The Labute approximate surface area is 168 Å². The van der Waals surface area contributed by atoms with Crippen LogP contribution in [0.3, 0.4) is 0 Å². The molecule has 1 heterocycles. The van der Waals surface area contributed by atoms with E-state index >= 15 is 0 Å². The number of nitrogens with one attached hydrogen (secondary N) is 2. The number of halogens is 4. The van der Waals surface area contributed by atoms with Gasteiger partial charge in [-0.05, 0) is 50.2 Å². The molecule has 2 amide bonds. The summed E-state index contributed by atoms with van der Waals surface area (Å²) in [4.78, 5) is 24.5. The fourth-order valence-electron chi connectivity index (χ4n) is 2.87. The highest BCUT2D eigenvalue weighted by atomic mass is 19.2. The highest BCUT2D eigenvalue weighted by Gasteiger charge is 2.21. The van der Waals surface area contributed by atoms with E-state index in [0.29, 0.717) is 23.1 Å². The Balaban J connectivity index is 1.70. The number of aromatic nitrogens is 2. The molecule has 0 fully saturated rings. The van der Waals surface area contributed by atoms with Gasteiger partial charge < -0.3 is 10.6 Å². The molecule has 30 heavy (non-hydrogen) atoms. The van der Waals surface area contributed by atoms with E-state index in [1.54, 1.807) is 13.8 Å². The molecule has 0 saturated carbocycles. The normalized spacial score (nSPS) is 10.7. The van der Waals surface area contributed by atoms with Gasteiger partial charge in [-0.1, -0.05) is 0 Å². The van der Waals surface area contributed by atoms with Gasteiger partial charge in [0, 0.05) is 0 Å². The van der Waals surface area contributed by atoms with Crippen molar-refractivity contribution in [1.29, 1.82) is 0 Å². The molecule has 0 saturated heterocycles. The summed E-state index contributed by atoms with van der Waals surface area (Å²) in [5, 5.41) is 8.69. The number of benzene rings is 2. The molecule has 0 unspecified atom stereocenters. The average molecular weight is 420 g/mol. The molecule has 2 aromatic carbocycles. The Morgan fingerprint density at radius 3 is 2.30 bits per heavy atom. The molecule has 0 aliphatic carbocycles. The van der Waals surface area contributed by atoms with Crippen LogP contribution in [0.15, 0.2) is 36.4 Å². The molecule has 0 radical (unpaired) electrons. The van der Waals surface area contributed by atoms with Crippen LogP contribution >= 0.6 is 0 Å². The number of carbonyl (C=O) groups excluding carboxylic acids is 2. The number of anilines is 1. The summed E-state index contributed by atoms with van der Waals surface area (Å²) in [5.74, 6) is -6.50. The van der Waals surface area contributed by atoms with Crippen molar-refractivity contribution in [3.8, 4) is 5.69 Å². The van der Waals surface area contributed by atoms with Crippen molar-refractivity contribution in [2.75, 3.05) is 11.9 Å². The minimum atomic E-state index is -1.71. The van der Waals surface area contributed by atoms with Gasteiger partial charge >= 0.3 is 0 Å². The van der Waals surface area contributed by atoms with Gasteiger partial charge in [0.15, 0.2) is 17.5 Å². The summed E-state index contributed by atoms with van der Waals surface area (Å²) in [6.07, 6.45) is 0. The van der Waals surface area contributed by atoms with Gasteiger partial charge in [0.05, 0.1) is 34.9 Å². The van der Waals surface area contributed by atoms with Crippen molar-refractivity contribution in [3.05, 3.63) is 76.6 Å². The summed E-state index contributed by atoms with van der Waals surface area (Å²) in [6, 6.07) is 7.05. The van der Waals surface area contributed by atoms with Crippen molar-refractivity contribution < 1.29 is 27.2 Å². The van der Waals surface area contributed by atoms with E-state index in [1.165, 1.54) is 28.9 Å². The van der Waals surface area contributed by atoms with Crippen LogP contribution in [0.25, 0.3) is 5.69 Å². The molecule has 0 aliphatic rings. The molecular formula is C20H16F4N4O2. The van der Waals surface area contributed by atoms with Crippen molar-refractivity contribution in [2.24, 2.45) is 0 Å². The van der Waals surface area contributed by atoms with E-state index in [2.05, 4.69) is 15.7 Å². The summed E-state index contributed by atoms with van der Waals surface area (Å²) in [6.45, 7) is 2.69. The van der Waals surface area contributed by atoms with Gasteiger partial charge in [-0.25, -0.2) is 22.2 Å². The Bertz CT molecular complexity index is 1130. The van der Waals surface area contributed by atoms with E-state index in [9.17, 15) is 27.2 Å². The molecule has 0 bridgehead atoms. The van der Waals surface area contributed by atoms with Gasteiger partial charge in [0.2, 0.25) is 5.91 Å². The molecule has 156 valence electrons. The van der Waals surface area contributed by atoms with E-state index < -0.39 is 47.3 Å². The molecule has 3 aromatic rings. The summed E-state index contributed by atoms with van der Waals surface area (Å²) in [7, 11) is 0. The van der Waals surface area contributed by atoms with Crippen molar-refractivity contribution in [1.82, 2.24) is 15.1 Å². The number of amides is 2. The predicted molar refractivity (Wildman–Crippen MR) is 100 cm³/mol. The minimum absolute atomic E-state index is 0.214. The quantitative estimate of drug-likeness (QED) is 0.491. The molecule has 6 nitrogen and oxygen atoms in total. The number of carbonyl (C=O) groups is 2. The van der Waals surface area contributed by atoms with E-state index in [0.717, 1.165) is 6.07 Å². The van der Waals surface area contributed by atoms with Gasteiger partial charge in [-0.3, -0.25) is 9.59 Å². The average Bonchev–Trinajstić information content (AvgIpc) is 3.01. The first-order valence-corrected chi connectivity index (χ1v) is 8.72. The smallest absolute Gasteiger partial charge is 0.255 e. The lowest BCUT2D eigenvalue weighted by molar-refractivity contribution is -0.115. The van der Waals surface area contributed by atoms with Crippen LogP contribution in [0, 0.1) is 37.1 Å². The third-order valence-electron chi connectivity index (χ3n) is 4.31. The van der Waals surface area contributed by atoms with E-state index in [4.69, 9.17) is 0 Å². The SMILES string of the molecule is Cc1nn(-c2ccc(F)cc2)c(C)c1C(=O)NCC(=O)Nc1ccc(F)c(F)c1F. The summed E-state index contributed by atoms with van der Waals surface area (Å²) in [5.41, 5.74) is 1.04. The van der Waals surface area contributed by atoms with Crippen LogP contribution in [0.5, 0.6) is 0 Å². The van der Waals surface area contributed by atoms with Crippen LogP contribution in [-0.2, 0) is 4.79 Å². The molecular weight excluding hydrogens is 404 g/mol. The first kappa shape index (κ1) is 21.0. The lowest BCUT2D eigenvalue weighted by atomic mass is 10.2. The van der Waals surface area contributed by atoms with Crippen LogP contribution in [0.2, 0.25) is 0 Å². The van der Waals surface area contributed by atoms with Crippen LogP contribution in [0.4, 0.5) is 23.2 Å². The maximum Gasteiger partial charge on any atom is 0.255 e. The fraction of sp³-hybridized carbons (Fsp3) is 0.150. The third-order valence-corrected chi connectivity index (χ3v) is 4.31. The van der Waals surface area contributed by atoms with Crippen LogP contribution in [0.1, 0.15) is 21.7 Å². The summed E-state index contributed by atoms with van der Waals surface area (Å²) < 4.78 is 54.4. The second-order valence-corrected chi connectivity index (χ2v) is 6.39. The van der Waals surface area contributed by atoms with Crippen molar-refractivity contribution in [3.63, 3.8) is 0 Å². The fourth-order valence-corrected chi connectivity index (χ4v) is 2.87. The lowest BCUT2D eigenvalue weighted by Gasteiger charge is -2.09. The van der Waals surface area contributed by atoms with Gasteiger partial charge in [-0.15, -0.1) is 0 Å². The van der Waals surface area contributed by atoms with Gasteiger partial charge in [-0.2, -0.15) is 5.10 Å². The highest BCUT2D eigenvalue weighted by molar-refractivity contribution is 6.00. The Kier molecular flexibility index (Phi) is 5.86. The Hall–Kier alpha value is -3.69. The monoisotopic (exact) mass is 420 g/mol. The highest BCUT2D eigenvalue weighted by Crippen LogP contribution is 2.20. The van der Waals surface area contributed by atoms with Crippen molar-refractivity contribution >= 4 is 17.5 Å². The third kappa shape index (κ3) is 4.17. The zero-order valence-electron chi connectivity index (χ0n) is 15.9. The second kappa shape index (κ2) is 8.36. The van der Waals surface area contributed by atoms with Crippen molar-refractivity contribution in [2.45, 2.75) is 13.8 Å². The lowest BCUT2D eigenvalue weighted by Crippen LogP contribution is -2.33. The number of hydrogen-bond acceptors (Lipinski definition) is 3. The molecule has 0 atom stereocenters. The van der Waals surface area contributed by atoms with Crippen LogP contribution < -0.4 is 10.6 Å². The predicted octanol–water partition coefficient (Wildman–Crippen LogP) is 3.41. The van der Waals surface area contributed by atoms with Crippen LogP contribution in [-0.4, -0.2) is 28.1 Å². The number of rotatable bonds is 5. The summed E-state index contributed by atoms with van der Waals surface area (Å²) >= 11 is 0. The molecule has 1 aromatic heterocycles. The zero-order valence-corrected chi connectivity index (χ0v) is 15.9. The van der Waals surface area contributed by atoms with E-state index in [1.807, 2.05) is 0 Å². The molecule has 2 N–H and O–H groups in total. The second-order valence-electron chi connectivity index (χ2n) is 6.39. The topological polar surface area (TPSA) is 76.0 Å². The molecule has 10 heteroatoms. The first-order valence-electron chi connectivity index (χ1n) is 8.72. The maximum absolute atomic E-state index is 13.6. The standard InChI is InChI=1S/C20H16F4N4O2/c1-10-17(11(2)28(27-10)13-5-3-12(21)4-6-13)20(30)25-9-16(29)26-15-8-7-14(22)18(23)19(15)24/h3-8H,9H2,1-2H3,(H,25,30)(H,26,29). The largest absolute Gasteiger partial charge is 0.343 e. The molecule has 0 aliphatic heterocycles. The number of hydrogen-bond donors (Lipinski definition) is 2. The zero-order chi connectivity index (χ0) is 22.0. The first-order chi connectivity index (χ1) is 14.2. The number of nitrogens with zero attached hydrogens (tertiary/aromatic N) is 2. The Morgan fingerprint density at radius 1 is 0.967 bits per heavy atom. The minimum Gasteiger partial charge on any atom is -0.343 e. The van der Waals surface area contributed by atoms with Gasteiger partial charge in [0.25, 0.3) is 5.91 Å². The van der Waals surface area contributed by atoms with E-state index in [-0.39, 0.29) is 5.56 Å². The molecule has 0 spiro atoms. The number of aryl methyl sites for hydroxylation is 1.